The molecule has 22 heavy (non-hydrogen) atoms. The molecule has 0 N–H and O–H groups in total. The second-order valence-electron chi connectivity index (χ2n) is 7.47. The van der Waals surface area contributed by atoms with Crippen molar-refractivity contribution in [3.8, 4) is 11.1 Å². The van der Waals surface area contributed by atoms with Crippen molar-refractivity contribution in [1.29, 1.82) is 0 Å². The maximum absolute atomic E-state index is 2.61. The molecule has 5 rings (SSSR count). The molecule has 0 bridgehead atoms. The van der Waals surface area contributed by atoms with E-state index in [9.17, 15) is 0 Å². The zero-order valence-corrected chi connectivity index (χ0v) is 14.4. The van der Waals surface area contributed by atoms with Crippen LogP contribution in [0.25, 0.3) is 11.1 Å². The van der Waals surface area contributed by atoms with Crippen molar-refractivity contribution in [3.63, 3.8) is 0 Å². The fourth-order valence-corrected chi connectivity index (χ4v) is 8.89. The summed E-state index contributed by atoms with van der Waals surface area (Å²) in [6.45, 7) is 7.40. The Kier molecular flexibility index (Phi) is 2.25. The Balaban J connectivity index is 1.72. The van der Waals surface area contributed by atoms with Gasteiger partial charge >= 0.3 is 0 Å². The van der Waals surface area contributed by atoms with Gasteiger partial charge in [-0.05, 0) is 40.3 Å². The molecule has 2 aromatic carbocycles. The van der Waals surface area contributed by atoms with E-state index in [0.717, 1.165) is 5.54 Å². The summed E-state index contributed by atoms with van der Waals surface area (Å²) >= 11 is 0. The number of hydrogen-bond acceptors (Lipinski definition) is 0. The van der Waals surface area contributed by atoms with Gasteiger partial charge in [0.05, 0.1) is 8.07 Å². The molecule has 1 saturated heterocycles. The average molecular weight is 300 g/mol. The first-order chi connectivity index (χ1) is 10.6. The molecule has 1 heteroatoms. The predicted molar refractivity (Wildman–Crippen MR) is 95.7 cm³/mol. The van der Waals surface area contributed by atoms with Gasteiger partial charge in [-0.1, -0.05) is 78.5 Å². The first-order valence-electron chi connectivity index (χ1n) is 8.22. The van der Waals surface area contributed by atoms with E-state index in [2.05, 4.69) is 74.6 Å². The highest BCUT2D eigenvalue weighted by molar-refractivity contribution is 6.99. The topological polar surface area (TPSA) is 0 Å². The molecule has 0 spiro atoms. The predicted octanol–water partition coefficient (Wildman–Crippen LogP) is 5.69. The van der Waals surface area contributed by atoms with Gasteiger partial charge in [0.15, 0.2) is 0 Å². The second-order valence-corrected chi connectivity index (χ2v) is 12.1. The summed E-state index contributed by atoms with van der Waals surface area (Å²) in [5.41, 5.74) is 9.87. The summed E-state index contributed by atoms with van der Waals surface area (Å²) in [6, 6.07) is 17.9. The molecule has 0 aromatic heterocycles. The number of benzene rings is 2. The molecule has 0 radical (unpaired) electrons. The van der Waals surface area contributed by atoms with Crippen LogP contribution in [0.2, 0.25) is 18.6 Å². The van der Waals surface area contributed by atoms with Crippen molar-refractivity contribution in [2.45, 2.75) is 31.5 Å². The zero-order valence-electron chi connectivity index (χ0n) is 13.4. The first kappa shape index (κ1) is 12.7. The first-order valence-corrected chi connectivity index (χ1v) is 11.3. The van der Waals surface area contributed by atoms with Gasteiger partial charge in [0.25, 0.3) is 0 Å². The van der Waals surface area contributed by atoms with Crippen LogP contribution in [0.15, 0.2) is 70.9 Å². The van der Waals surface area contributed by atoms with Gasteiger partial charge in [0.2, 0.25) is 0 Å². The van der Waals surface area contributed by atoms with E-state index in [0.29, 0.717) is 5.92 Å². The molecule has 0 nitrogen and oxygen atoms in total. The fraction of sp³-hybridized carbons (Fsp3) is 0.238. The van der Waals surface area contributed by atoms with Crippen LogP contribution in [-0.4, -0.2) is 8.07 Å². The lowest BCUT2D eigenvalue weighted by Gasteiger charge is -2.19. The molecule has 1 unspecified atom stereocenters. The molecule has 1 atom stereocenters. The number of rotatable bonds is 1. The zero-order chi connectivity index (χ0) is 15.1. The Bertz CT molecular complexity index is 837. The van der Waals surface area contributed by atoms with E-state index >= 15 is 0 Å². The highest BCUT2D eigenvalue weighted by Gasteiger charge is 2.57. The molecular formula is C21H20Si. The minimum absolute atomic E-state index is 0.456. The van der Waals surface area contributed by atoms with Crippen LogP contribution in [0.4, 0.5) is 0 Å². The number of allylic oxidation sites excluding steroid dienone is 4. The van der Waals surface area contributed by atoms with Gasteiger partial charge in [-0.25, -0.2) is 0 Å². The quantitative estimate of drug-likeness (QED) is 0.594. The van der Waals surface area contributed by atoms with Crippen LogP contribution < -0.4 is 0 Å². The van der Waals surface area contributed by atoms with E-state index < -0.39 is 8.07 Å². The van der Waals surface area contributed by atoms with Crippen LogP contribution in [-0.2, 0) is 0 Å². The standard InChI is InChI=1S/C21H20Si/c1-13-18(12-19-21(13)22(19,2)3)20-16-10-6-4-8-14(16)15-9-5-7-11-17(15)20/h4-12,19-20H,1-3H3. The van der Waals surface area contributed by atoms with Crippen LogP contribution in [0.5, 0.6) is 0 Å². The Hall–Kier alpha value is -1.86. The van der Waals surface area contributed by atoms with Crippen molar-refractivity contribution in [2.75, 3.05) is 0 Å². The number of hydrogen-bond donors (Lipinski definition) is 0. The Morgan fingerprint density at radius 3 is 1.86 bits per heavy atom. The molecule has 108 valence electrons. The van der Waals surface area contributed by atoms with Crippen molar-refractivity contribution in [2.24, 2.45) is 0 Å². The summed E-state index contributed by atoms with van der Waals surface area (Å²) in [4.78, 5) is 0. The van der Waals surface area contributed by atoms with Gasteiger partial charge in [0.1, 0.15) is 0 Å². The lowest BCUT2D eigenvalue weighted by Crippen LogP contribution is -2.09. The molecule has 2 aliphatic carbocycles. The van der Waals surface area contributed by atoms with Gasteiger partial charge in [0, 0.05) is 5.92 Å². The van der Waals surface area contributed by atoms with Crippen LogP contribution in [0, 0.1) is 0 Å². The normalized spacial score (nSPS) is 24.0. The smallest absolute Gasteiger partial charge is 0.0757 e. The summed E-state index contributed by atoms with van der Waals surface area (Å²) in [6.07, 6.45) is 2.61. The van der Waals surface area contributed by atoms with Crippen molar-refractivity contribution < 1.29 is 0 Å². The van der Waals surface area contributed by atoms with Gasteiger partial charge in [-0.2, -0.15) is 0 Å². The van der Waals surface area contributed by atoms with Gasteiger partial charge in [-0.15, -0.1) is 0 Å². The molecule has 1 fully saturated rings. The molecule has 2 aromatic rings. The summed E-state index contributed by atoms with van der Waals surface area (Å²) in [7, 11) is -1.04. The van der Waals surface area contributed by atoms with Crippen LogP contribution in [0.3, 0.4) is 0 Å². The van der Waals surface area contributed by atoms with E-state index in [4.69, 9.17) is 0 Å². The van der Waals surface area contributed by atoms with Crippen LogP contribution in [0.1, 0.15) is 24.0 Å². The Labute approximate surface area is 133 Å². The minimum atomic E-state index is -1.04. The van der Waals surface area contributed by atoms with Crippen molar-refractivity contribution in [1.82, 2.24) is 0 Å². The van der Waals surface area contributed by atoms with Crippen LogP contribution >= 0.6 is 0 Å². The van der Waals surface area contributed by atoms with E-state index in [1.165, 1.54) is 22.3 Å². The highest BCUT2D eigenvalue weighted by atomic mass is 28.3. The van der Waals surface area contributed by atoms with E-state index in [1.54, 1.807) is 11.1 Å². The molecule has 1 aliphatic heterocycles. The monoisotopic (exact) mass is 300 g/mol. The average Bonchev–Trinajstić information content (AvgIpc) is 2.83. The van der Waals surface area contributed by atoms with Crippen molar-refractivity contribution >= 4 is 8.07 Å². The Morgan fingerprint density at radius 1 is 0.818 bits per heavy atom. The molecular weight excluding hydrogens is 280 g/mol. The summed E-state index contributed by atoms with van der Waals surface area (Å²) in [5, 5.41) is 1.81. The third-order valence-electron chi connectivity index (χ3n) is 6.03. The lowest BCUT2D eigenvalue weighted by atomic mass is 9.86. The molecule has 3 aliphatic rings. The molecule has 0 amide bonds. The largest absolute Gasteiger partial charge is 0.0867 e. The summed E-state index contributed by atoms with van der Waals surface area (Å²) in [5.74, 6) is 0.456. The molecule has 1 heterocycles. The van der Waals surface area contributed by atoms with E-state index in [1.807, 2.05) is 5.20 Å². The maximum Gasteiger partial charge on any atom is 0.0867 e. The number of fused-ring (bicyclic) bond motifs is 4. The highest BCUT2D eigenvalue weighted by Crippen LogP contribution is 2.64. The maximum atomic E-state index is 2.61. The van der Waals surface area contributed by atoms with Crippen molar-refractivity contribution in [3.05, 3.63) is 82.1 Å². The third kappa shape index (κ3) is 1.38. The van der Waals surface area contributed by atoms with Gasteiger partial charge < -0.3 is 0 Å². The third-order valence-corrected chi connectivity index (χ3v) is 9.80. The minimum Gasteiger partial charge on any atom is -0.0757 e. The molecule has 0 saturated carbocycles. The fourth-order valence-electron chi connectivity index (χ4n) is 4.85. The van der Waals surface area contributed by atoms with Gasteiger partial charge in [-0.3, -0.25) is 0 Å². The summed E-state index contributed by atoms with van der Waals surface area (Å²) < 4.78 is 0. The second kappa shape index (κ2) is 3.91. The van der Waals surface area contributed by atoms with E-state index in [-0.39, 0.29) is 0 Å². The lowest BCUT2D eigenvalue weighted by molar-refractivity contribution is 0.990. The Morgan fingerprint density at radius 2 is 1.36 bits per heavy atom. The SMILES string of the molecule is CC1=C2C(C=C1C1c3ccccc3-c3ccccc31)[Si]2(C)C.